The first kappa shape index (κ1) is 20.2. The van der Waals surface area contributed by atoms with E-state index in [0.717, 1.165) is 33.8 Å². The molecule has 0 atom stereocenters. The van der Waals surface area contributed by atoms with Crippen LogP contribution in [0.15, 0.2) is 64.4 Å². The Hall–Kier alpha value is -3.76. The molecule has 0 amide bonds. The van der Waals surface area contributed by atoms with Gasteiger partial charge in [0, 0.05) is 16.7 Å². The first-order valence-corrected chi connectivity index (χ1v) is 14.0. The molecule has 4 aromatic rings. The van der Waals surface area contributed by atoms with E-state index in [4.69, 9.17) is 9.52 Å². The number of aryl methyl sites for hydroxylation is 1. The molecular formula is C25H23N5OSi. The predicted octanol–water partition coefficient (Wildman–Crippen LogP) is 4.81. The molecule has 5 rings (SSSR count). The van der Waals surface area contributed by atoms with Crippen molar-refractivity contribution >= 4 is 13.8 Å². The van der Waals surface area contributed by atoms with Crippen molar-refractivity contribution in [3.63, 3.8) is 0 Å². The van der Waals surface area contributed by atoms with Gasteiger partial charge < -0.3 is 4.52 Å². The predicted molar refractivity (Wildman–Crippen MR) is 128 cm³/mol. The highest BCUT2D eigenvalue weighted by Crippen LogP contribution is 2.30. The molecule has 0 N–H and O–H groups in total. The minimum Gasteiger partial charge on any atom is -0.332 e. The van der Waals surface area contributed by atoms with Crippen LogP contribution in [0, 0.1) is 18.4 Å². The van der Waals surface area contributed by atoms with Gasteiger partial charge in [0.1, 0.15) is 14.4 Å². The van der Waals surface area contributed by atoms with Crippen molar-refractivity contribution in [2.75, 3.05) is 0 Å². The lowest BCUT2D eigenvalue weighted by Crippen LogP contribution is -2.16. The number of hydrogen-bond acceptors (Lipinski definition) is 5. The summed E-state index contributed by atoms with van der Waals surface area (Å²) in [5, 5.41) is 3.92. The van der Waals surface area contributed by atoms with Crippen molar-refractivity contribution in [1.82, 2.24) is 19.7 Å². The normalized spacial score (nSPS) is 12.8. The molecule has 1 aliphatic rings. The Bertz CT molecular complexity index is 1400. The van der Waals surface area contributed by atoms with Crippen LogP contribution in [0.25, 0.3) is 17.3 Å². The summed E-state index contributed by atoms with van der Waals surface area (Å²) in [6, 6.07) is 16.6. The van der Waals surface area contributed by atoms with Crippen molar-refractivity contribution in [3.05, 3.63) is 83.1 Å². The molecule has 2 aromatic carbocycles. The van der Waals surface area contributed by atoms with Gasteiger partial charge in [-0.25, -0.2) is 4.98 Å². The highest BCUT2D eigenvalue weighted by atomic mass is 28.3. The van der Waals surface area contributed by atoms with E-state index in [-0.39, 0.29) is 0 Å². The zero-order valence-corrected chi connectivity index (χ0v) is 19.5. The Kier molecular flexibility index (Phi) is 4.87. The molecule has 0 saturated heterocycles. The van der Waals surface area contributed by atoms with Crippen LogP contribution in [0.1, 0.15) is 28.2 Å². The van der Waals surface area contributed by atoms with E-state index in [0.29, 0.717) is 24.0 Å². The van der Waals surface area contributed by atoms with Crippen molar-refractivity contribution in [3.8, 4) is 28.7 Å². The molecule has 32 heavy (non-hydrogen) atoms. The van der Waals surface area contributed by atoms with E-state index in [9.17, 15) is 0 Å². The Morgan fingerprint density at radius 1 is 1.06 bits per heavy atom. The van der Waals surface area contributed by atoms with Gasteiger partial charge in [-0.15, -0.1) is 5.54 Å². The molecule has 3 heterocycles. The minimum atomic E-state index is -1.49. The Balaban J connectivity index is 1.71. The number of aromatic nitrogens is 4. The monoisotopic (exact) mass is 437 g/mol. The minimum absolute atomic E-state index is 0.411. The molecule has 7 heteroatoms. The van der Waals surface area contributed by atoms with Gasteiger partial charge >= 0.3 is 0 Å². The maximum Gasteiger partial charge on any atom is 0.278 e. The van der Waals surface area contributed by atoms with Crippen molar-refractivity contribution in [1.29, 1.82) is 0 Å². The molecule has 0 aliphatic carbocycles. The van der Waals surface area contributed by atoms with Gasteiger partial charge in [0.15, 0.2) is 11.5 Å². The number of nitrogens with zero attached hydrogens (tertiary/aromatic N) is 5. The Morgan fingerprint density at radius 2 is 1.88 bits per heavy atom. The number of fused-ring (bicyclic) bond motifs is 3. The van der Waals surface area contributed by atoms with E-state index in [2.05, 4.69) is 81.1 Å². The van der Waals surface area contributed by atoms with Gasteiger partial charge in [0.25, 0.3) is 5.89 Å². The lowest BCUT2D eigenvalue weighted by molar-refractivity contribution is 0.424. The molecule has 0 saturated carbocycles. The summed E-state index contributed by atoms with van der Waals surface area (Å²) in [5.74, 6) is 4.37. The molecule has 2 aromatic heterocycles. The van der Waals surface area contributed by atoms with Crippen LogP contribution in [0.5, 0.6) is 0 Å². The second-order valence-corrected chi connectivity index (χ2v) is 13.6. The lowest BCUT2D eigenvalue weighted by Gasteiger charge is -2.12. The summed E-state index contributed by atoms with van der Waals surface area (Å²) in [6.07, 6.45) is 1.81. The van der Waals surface area contributed by atoms with Gasteiger partial charge in [0.2, 0.25) is 0 Å². The lowest BCUT2D eigenvalue weighted by atomic mass is 9.98. The molecule has 0 fully saturated rings. The SMILES string of the molecule is Cc1noc(-c2ncn3c2CN=C(c2ccccc2)c2cc(C#C[Si](C)(C)C)ccc2-3)n1. The van der Waals surface area contributed by atoms with Crippen LogP contribution in [0.3, 0.4) is 0 Å². The molecule has 0 bridgehead atoms. The number of hydrogen-bond donors (Lipinski definition) is 0. The van der Waals surface area contributed by atoms with Crippen molar-refractivity contribution < 1.29 is 4.52 Å². The molecular weight excluding hydrogens is 414 g/mol. The standard InChI is InChI=1S/C25H23N5OSi/c1-17-28-25(31-29-17)24-22-15-26-23(19-8-6-5-7-9-19)20-14-18(12-13-32(2,3)4)10-11-21(20)30(22)16-27-24/h5-11,14,16H,15H2,1-4H3. The summed E-state index contributed by atoms with van der Waals surface area (Å²) in [4.78, 5) is 14.0. The van der Waals surface area contributed by atoms with E-state index in [1.807, 2.05) is 18.2 Å². The van der Waals surface area contributed by atoms with Crippen LogP contribution >= 0.6 is 0 Å². The number of benzene rings is 2. The third kappa shape index (κ3) is 3.81. The maximum absolute atomic E-state index is 5.40. The average Bonchev–Trinajstić information content (AvgIpc) is 3.35. The Morgan fingerprint density at radius 3 is 2.59 bits per heavy atom. The zero-order valence-electron chi connectivity index (χ0n) is 18.5. The van der Waals surface area contributed by atoms with E-state index < -0.39 is 8.07 Å². The summed E-state index contributed by atoms with van der Waals surface area (Å²) in [5.41, 5.74) is 10.1. The molecule has 0 spiro atoms. The van der Waals surface area contributed by atoms with Crippen LogP contribution in [0.4, 0.5) is 0 Å². The molecule has 1 aliphatic heterocycles. The quantitative estimate of drug-likeness (QED) is 0.333. The molecule has 6 nitrogen and oxygen atoms in total. The van der Waals surface area contributed by atoms with Crippen LogP contribution < -0.4 is 0 Å². The van der Waals surface area contributed by atoms with E-state index in [1.165, 1.54) is 0 Å². The fourth-order valence-corrected chi connectivity index (χ4v) is 4.18. The highest BCUT2D eigenvalue weighted by Gasteiger charge is 2.24. The number of imidazole rings is 1. The second kappa shape index (κ2) is 7.73. The first-order valence-electron chi connectivity index (χ1n) is 10.5. The summed E-state index contributed by atoms with van der Waals surface area (Å²) >= 11 is 0. The van der Waals surface area contributed by atoms with Gasteiger partial charge in [-0.1, -0.05) is 61.0 Å². The van der Waals surface area contributed by atoms with Gasteiger partial charge in [-0.05, 0) is 25.1 Å². The highest BCUT2D eigenvalue weighted by molar-refractivity contribution is 6.83. The third-order valence-corrected chi connectivity index (χ3v) is 6.00. The fraction of sp³-hybridized carbons (Fsp3) is 0.200. The Labute approximate surface area is 188 Å². The van der Waals surface area contributed by atoms with Gasteiger partial charge in [-0.2, -0.15) is 4.98 Å². The summed E-state index contributed by atoms with van der Waals surface area (Å²) < 4.78 is 7.47. The number of rotatable bonds is 2. The smallest absolute Gasteiger partial charge is 0.278 e. The third-order valence-electron chi connectivity index (χ3n) is 5.12. The topological polar surface area (TPSA) is 69.1 Å². The second-order valence-electron chi connectivity index (χ2n) is 8.82. The van der Waals surface area contributed by atoms with E-state index in [1.54, 1.807) is 13.3 Å². The summed E-state index contributed by atoms with van der Waals surface area (Å²) in [7, 11) is -1.49. The fourth-order valence-electron chi connectivity index (χ4n) is 3.66. The van der Waals surface area contributed by atoms with Crippen molar-refractivity contribution in [2.45, 2.75) is 33.1 Å². The maximum atomic E-state index is 5.40. The zero-order chi connectivity index (χ0) is 22.3. The van der Waals surface area contributed by atoms with Crippen molar-refractivity contribution in [2.24, 2.45) is 4.99 Å². The molecule has 158 valence electrons. The average molecular weight is 438 g/mol. The molecule has 0 radical (unpaired) electrons. The van der Waals surface area contributed by atoms with Crippen LogP contribution in [-0.4, -0.2) is 33.5 Å². The largest absolute Gasteiger partial charge is 0.332 e. The molecule has 0 unspecified atom stereocenters. The van der Waals surface area contributed by atoms with Crippen LogP contribution in [-0.2, 0) is 6.54 Å². The van der Waals surface area contributed by atoms with Gasteiger partial charge in [0.05, 0.1) is 23.6 Å². The summed E-state index contributed by atoms with van der Waals surface area (Å²) in [6.45, 7) is 8.99. The number of aliphatic imine (C=N–C) groups is 1. The van der Waals surface area contributed by atoms with Gasteiger partial charge in [-0.3, -0.25) is 9.56 Å². The van der Waals surface area contributed by atoms with Crippen LogP contribution in [0.2, 0.25) is 19.6 Å². The first-order chi connectivity index (χ1) is 15.4. The van der Waals surface area contributed by atoms with E-state index >= 15 is 0 Å².